The third kappa shape index (κ3) is 4.94. The van der Waals surface area contributed by atoms with Crippen LogP contribution in [-0.4, -0.2) is 89.1 Å². The lowest BCUT2D eigenvalue weighted by molar-refractivity contribution is -0.277. The van der Waals surface area contributed by atoms with Crippen LogP contribution in [0.5, 0.6) is 34.5 Å². The molecule has 0 saturated carbocycles. The van der Waals surface area contributed by atoms with Crippen molar-refractivity contribution in [1.82, 2.24) is 0 Å². The van der Waals surface area contributed by atoms with Gasteiger partial charge >= 0.3 is 0 Å². The summed E-state index contributed by atoms with van der Waals surface area (Å²) in [6.07, 6.45) is -6.14. The van der Waals surface area contributed by atoms with Crippen LogP contribution >= 0.6 is 0 Å². The molecule has 0 unspecified atom stereocenters. The molecular weight excluding hydrogens is 444 g/mol. The normalized spacial score (nSPS) is 25.3. The van der Waals surface area contributed by atoms with Crippen molar-refractivity contribution in [3.8, 4) is 34.5 Å². The van der Waals surface area contributed by atoms with Gasteiger partial charge in [-0.3, -0.25) is 4.79 Å². The SMILES string of the molecule is O=C(C=Cc1cc(O)c(O)c(O)c1)c1c(O)cc(O)cc1O[C@@H]1O[C@H](CO)[C@@H](O)[C@H](O)[C@H]1O. The van der Waals surface area contributed by atoms with Gasteiger partial charge in [-0.2, -0.15) is 0 Å². The number of aliphatic hydroxyl groups is 4. The van der Waals surface area contributed by atoms with Gasteiger partial charge in [0.15, 0.2) is 23.0 Å². The maximum Gasteiger partial charge on any atom is 0.229 e. The molecule has 178 valence electrons. The Kier molecular flexibility index (Phi) is 6.95. The van der Waals surface area contributed by atoms with E-state index in [9.17, 15) is 50.8 Å². The lowest BCUT2D eigenvalue weighted by Crippen LogP contribution is -2.60. The van der Waals surface area contributed by atoms with Crippen LogP contribution in [0.15, 0.2) is 30.3 Å². The molecule has 2 aromatic rings. The Morgan fingerprint density at radius 2 is 1.55 bits per heavy atom. The standard InChI is InChI=1S/C21H22O12/c22-7-15-18(29)19(30)20(31)21(33-15)32-14-6-9(23)5-11(25)16(14)10(24)2-1-8-3-12(26)17(28)13(27)4-8/h1-6,15,18-23,25-31H,7H2/t15-,18-,19+,20-,21-/m1/s1. The van der Waals surface area contributed by atoms with E-state index in [0.717, 1.165) is 36.4 Å². The summed E-state index contributed by atoms with van der Waals surface area (Å²) in [7, 11) is 0. The molecule has 1 aliphatic rings. The van der Waals surface area contributed by atoms with Gasteiger partial charge in [0.05, 0.1) is 6.61 Å². The molecule has 1 saturated heterocycles. The number of ketones is 1. The number of rotatable bonds is 6. The largest absolute Gasteiger partial charge is 0.508 e. The molecule has 2 aromatic carbocycles. The molecule has 0 radical (unpaired) electrons. The van der Waals surface area contributed by atoms with E-state index >= 15 is 0 Å². The van der Waals surface area contributed by atoms with Crippen molar-refractivity contribution in [2.45, 2.75) is 30.7 Å². The summed E-state index contributed by atoms with van der Waals surface area (Å²) < 4.78 is 10.6. The Balaban J connectivity index is 1.91. The number of hydrogen-bond acceptors (Lipinski definition) is 12. The summed E-state index contributed by atoms with van der Waals surface area (Å²) in [5, 5.41) is 87.7. The minimum Gasteiger partial charge on any atom is -0.508 e. The lowest BCUT2D eigenvalue weighted by Gasteiger charge is -2.39. The molecule has 0 spiro atoms. The number of aromatic hydroxyl groups is 5. The van der Waals surface area contributed by atoms with E-state index in [2.05, 4.69) is 0 Å². The predicted octanol–water partition coefficient (Wildman–Crippen LogP) is -0.711. The first-order chi connectivity index (χ1) is 15.5. The molecule has 1 heterocycles. The van der Waals surface area contributed by atoms with Gasteiger partial charge in [0.25, 0.3) is 0 Å². The van der Waals surface area contributed by atoms with Crippen molar-refractivity contribution in [2.75, 3.05) is 6.61 Å². The maximum absolute atomic E-state index is 12.8. The molecule has 3 rings (SSSR count). The fourth-order valence-electron chi connectivity index (χ4n) is 3.19. The van der Waals surface area contributed by atoms with Crippen LogP contribution < -0.4 is 4.74 Å². The summed E-state index contributed by atoms with van der Waals surface area (Å²) >= 11 is 0. The van der Waals surface area contributed by atoms with Gasteiger partial charge in [-0.15, -0.1) is 0 Å². The average Bonchev–Trinajstić information content (AvgIpc) is 2.75. The summed E-state index contributed by atoms with van der Waals surface area (Å²) in [6, 6.07) is 3.89. The van der Waals surface area contributed by atoms with E-state index in [1.54, 1.807) is 0 Å². The number of benzene rings is 2. The summed E-state index contributed by atoms with van der Waals surface area (Å²) in [5.41, 5.74) is -0.362. The molecule has 33 heavy (non-hydrogen) atoms. The smallest absolute Gasteiger partial charge is 0.229 e. The number of aliphatic hydroxyl groups excluding tert-OH is 4. The Labute approximate surface area is 186 Å². The highest BCUT2D eigenvalue weighted by Crippen LogP contribution is 2.37. The van der Waals surface area contributed by atoms with E-state index in [4.69, 9.17) is 9.47 Å². The zero-order chi connectivity index (χ0) is 24.4. The Morgan fingerprint density at radius 3 is 2.15 bits per heavy atom. The van der Waals surface area contributed by atoms with Crippen molar-refractivity contribution in [3.63, 3.8) is 0 Å². The van der Waals surface area contributed by atoms with E-state index < -0.39 is 83.2 Å². The number of allylic oxidation sites excluding steroid dienone is 1. The van der Waals surface area contributed by atoms with Gasteiger partial charge in [0, 0.05) is 12.1 Å². The number of carbonyl (C=O) groups excluding carboxylic acids is 1. The number of carbonyl (C=O) groups is 1. The van der Waals surface area contributed by atoms with Crippen LogP contribution in [0.3, 0.4) is 0 Å². The Morgan fingerprint density at radius 1 is 0.909 bits per heavy atom. The van der Waals surface area contributed by atoms with Crippen molar-refractivity contribution < 1.29 is 60.2 Å². The lowest BCUT2D eigenvalue weighted by atomic mass is 9.99. The zero-order valence-corrected chi connectivity index (χ0v) is 16.8. The number of hydrogen-bond donors (Lipinski definition) is 9. The highest BCUT2D eigenvalue weighted by molar-refractivity contribution is 6.10. The van der Waals surface area contributed by atoms with Crippen LogP contribution in [0.4, 0.5) is 0 Å². The minimum atomic E-state index is -1.81. The van der Waals surface area contributed by atoms with Crippen LogP contribution in [0.1, 0.15) is 15.9 Å². The van der Waals surface area contributed by atoms with Gasteiger partial charge in [0.1, 0.15) is 47.2 Å². The quantitative estimate of drug-likeness (QED) is 0.146. The van der Waals surface area contributed by atoms with E-state index in [0.29, 0.717) is 0 Å². The van der Waals surface area contributed by atoms with Crippen LogP contribution in [-0.2, 0) is 4.74 Å². The van der Waals surface area contributed by atoms with E-state index in [-0.39, 0.29) is 5.56 Å². The molecule has 0 aliphatic carbocycles. The molecule has 0 bridgehead atoms. The van der Waals surface area contributed by atoms with Gasteiger partial charge in [0.2, 0.25) is 6.29 Å². The Hall–Kier alpha value is -3.55. The second kappa shape index (κ2) is 9.52. The molecule has 0 aromatic heterocycles. The summed E-state index contributed by atoms with van der Waals surface area (Å²) in [5.74, 6) is -4.57. The zero-order valence-electron chi connectivity index (χ0n) is 16.8. The first kappa shape index (κ1) is 24.1. The van der Waals surface area contributed by atoms with Crippen molar-refractivity contribution >= 4 is 11.9 Å². The van der Waals surface area contributed by atoms with Gasteiger partial charge in [-0.1, -0.05) is 6.08 Å². The second-order valence-corrected chi connectivity index (χ2v) is 7.26. The highest BCUT2D eigenvalue weighted by atomic mass is 16.7. The predicted molar refractivity (Wildman–Crippen MR) is 109 cm³/mol. The first-order valence-corrected chi connectivity index (χ1v) is 9.54. The minimum absolute atomic E-state index is 0.117. The Bertz CT molecular complexity index is 1040. The molecule has 1 aliphatic heterocycles. The van der Waals surface area contributed by atoms with Gasteiger partial charge < -0.3 is 55.4 Å². The van der Waals surface area contributed by atoms with Crippen LogP contribution in [0, 0.1) is 0 Å². The first-order valence-electron chi connectivity index (χ1n) is 9.54. The van der Waals surface area contributed by atoms with Crippen LogP contribution in [0.25, 0.3) is 6.08 Å². The number of phenols is 5. The fraction of sp³-hybridized carbons (Fsp3) is 0.286. The maximum atomic E-state index is 12.8. The highest BCUT2D eigenvalue weighted by Gasteiger charge is 2.45. The third-order valence-corrected chi connectivity index (χ3v) is 4.92. The fourth-order valence-corrected chi connectivity index (χ4v) is 3.19. The molecule has 5 atom stereocenters. The van der Waals surface area contributed by atoms with Gasteiger partial charge in [-0.05, 0) is 23.8 Å². The number of phenolic OH excluding ortho intramolecular Hbond substituents is 5. The molecule has 0 amide bonds. The molecule has 1 fully saturated rings. The van der Waals surface area contributed by atoms with E-state index in [1.807, 2.05) is 0 Å². The van der Waals surface area contributed by atoms with Crippen molar-refractivity contribution in [1.29, 1.82) is 0 Å². The monoisotopic (exact) mass is 466 g/mol. The second-order valence-electron chi connectivity index (χ2n) is 7.26. The average molecular weight is 466 g/mol. The summed E-state index contributed by atoms with van der Waals surface area (Å²) in [4.78, 5) is 12.8. The van der Waals surface area contributed by atoms with Crippen LogP contribution in [0.2, 0.25) is 0 Å². The van der Waals surface area contributed by atoms with Gasteiger partial charge in [-0.25, -0.2) is 0 Å². The topological polar surface area (TPSA) is 218 Å². The number of ether oxygens (including phenoxy) is 2. The molecule has 9 N–H and O–H groups in total. The summed E-state index contributed by atoms with van der Waals surface area (Å²) in [6.45, 7) is -0.725. The molecular formula is C21H22O12. The third-order valence-electron chi connectivity index (χ3n) is 4.92. The van der Waals surface area contributed by atoms with Crippen molar-refractivity contribution in [2.24, 2.45) is 0 Å². The van der Waals surface area contributed by atoms with Crippen molar-refractivity contribution in [3.05, 3.63) is 41.5 Å². The molecule has 12 nitrogen and oxygen atoms in total. The van der Waals surface area contributed by atoms with E-state index in [1.165, 1.54) is 0 Å². The molecule has 12 heteroatoms.